The van der Waals surface area contributed by atoms with Gasteiger partial charge in [-0.25, -0.2) is 4.79 Å². The summed E-state index contributed by atoms with van der Waals surface area (Å²) in [5.41, 5.74) is 3.07. The van der Waals surface area contributed by atoms with Crippen molar-refractivity contribution in [3.05, 3.63) is 40.0 Å². The Labute approximate surface area is 165 Å². The van der Waals surface area contributed by atoms with E-state index in [0.717, 1.165) is 24.8 Å². The van der Waals surface area contributed by atoms with Crippen molar-refractivity contribution in [2.45, 2.75) is 40.0 Å². The number of amides is 1. The molecular formula is C21H29N3O4. The second kappa shape index (κ2) is 7.81. The number of para-hydroxylation sites is 1. The van der Waals surface area contributed by atoms with Crippen LogP contribution >= 0.6 is 0 Å². The normalized spacial score (nSPS) is 20.7. The van der Waals surface area contributed by atoms with Crippen LogP contribution < -0.4 is 4.90 Å². The summed E-state index contributed by atoms with van der Waals surface area (Å²) in [5.74, 6) is 0.609. The third-order valence-corrected chi connectivity index (χ3v) is 6.06. The van der Waals surface area contributed by atoms with Gasteiger partial charge in [0.05, 0.1) is 4.92 Å². The van der Waals surface area contributed by atoms with Crippen LogP contribution in [0.4, 0.5) is 16.2 Å². The van der Waals surface area contributed by atoms with E-state index in [2.05, 4.69) is 26.8 Å². The van der Waals surface area contributed by atoms with Gasteiger partial charge in [0.1, 0.15) is 5.69 Å². The summed E-state index contributed by atoms with van der Waals surface area (Å²) >= 11 is 0. The summed E-state index contributed by atoms with van der Waals surface area (Å²) in [4.78, 5) is 25.9. The molecule has 1 fully saturated rings. The highest BCUT2D eigenvalue weighted by molar-refractivity contribution is 5.83. The van der Waals surface area contributed by atoms with E-state index in [1.807, 2.05) is 11.0 Å². The number of hydrogen-bond donors (Lipinski definition) is 1. The smallest absolute Gasteiger partial charge is 0.407 e. The fraction of sp³-hybridized carbons (Fsp3) is 0.571. The van der Waals surface area contributed by atoms with Crippen molar-refractivity contribution in [1.29, 1.82) is 0 Å². The van der Waals surface area contributed by atoms with Gasteiger partial charge in [-0.3, -0.25) is 10.1 Å². The lowest BCUT2D eigenvalue weighted by molar-refractivity contribution is -0.384. The van der Waals surface area contributed by atoms with Gasteiger partial charge in [0.2, 0.25) is 0 Å². The van der Waals surface area contributed by atoms with Gasteiger partial charge in [0.25, 0.3) is 5.69 Å². The Kier molecular flexibility index (Phi) is 5.63. The van der Waals surface area contributed by atoms with Gasteiger partial charge >= 0.3 is 6.09 Å². The maximum Gasteiger partial charge on any atom is 0.407 e. The molecule has 1 N–H and O–H groups in total. The molecular weight excluding hydrogens is 358 g/mol. The Morgan fingerprint density at radius 3 is 2.39 bits per heavy atom. The molecule has 1 heterocycles. The van der Waals surface area contributed by atoms with Crippen molar-refractivity contribution in [1.82, 2.24) is 4.90 Å². The van der Waals surface area contributed by atoms with Crippen molar-refractivity contribution >= 4 is 23.0 Å². The van der Waals surface area contributed by atoms with Crippen LogP contribution in [0.5, 0.6) is 0 Å². The lowest BCUT2D eigenvalue weighted by Gasteiger charge is -2.37. The SMILES string of the molecule is CC(C)(C)C1CC=C(c2cccc([N+](=O)[O-])c2N2CCN(C(=O)O)CC2)CC1. The molecule has 7 nitrogen and oxygen atoms in total. The quantitative estimate of drug-likeness (QED) is 0.604. The number of carbonyl (C=O) groups is 1. The zero-order chi connectivity index (χ0) is 20.5. The molecule has 0 bridgehead atoms. The van der Waals surface area contributed by atoms with E-state index in [1.54, 1.807) is 12.1 Å². The van der Waals surface area contributed by atoms with Crippen molar-refractivity contribution in [3.63, 3.8) is 0 Å². The van der Waals surface area contributed by atoms with Crippen molar-refractivity contribution in [2.24, 2.45) is 11.3 Å². The molecule has 1 saturated heterocycles. The number of nitrogens with zero attached hydrogens (tertiary/aromatic N) is 3. The fourth-order valence-electron chi connectivity index (χ4n) is 4.26. The third-order valence-electron chi connectivity index (χ3n) is 6.06. The number of carboxylic acid groups (broad SMARTS) is 1. The molecule has 1 unspecified atom stereocenters. The van der Waals surface area contributed by atoms with Crippen LogP contribution in [-0.4, -0.2) is 47.2 Å². The summed E-state index contributed by atoms with van der Waals surface area (Å²) in [7, 11) is 0. The molecule has 1 amide bonds. The molecule has 0 aromatic heterocycles. The first kappa shape index (κ1) is 20.2. The molecule has 3 rings (SSSR count). The highest BCUT2D eigenvalue weighted by Crippen LogP contribution is 2.43. The van der Waals surface area contributed by atoms with Crippen LogP contribution in [0.25, 0.3) is 5.57 Å². The van der Waals surface area contributed by atoms with Gasteiger partial charge in [-0.1, -0.05) is 39.0 Å². The first-order chi connectivity index (χ1) is 13.2. The Hall–Kier alpha value is -2.57. The molecule has 1 atom stereocenters. The molecule has 0 saturated carbocycles. The number of anilines is 1. The van der Waals surface area contributed by atoms with Crippen LogP contribution in [0, 0.1) is 21.4 Å². The summed E-state index contributed by atoms with van der Waals surface area (Å²) in [6, 6.07) is 5.26. The predicted octanol–water partition coefficient (Wildman–Crippen LogP) is 4.62. The first-order valence-electron chi connectivity index (χ1n) is 9.88. The molecule has 1 aliphatic carbocycles. The maximum atomic E-state index is 11.7. The average molecular weight is 387 g/mol. The second-order valence-corrected chi connectivity index (χ2v) is 8.75. The minimum absolute atomic E-state index is 0.0973. The summed E-state index contributed by atoms with van der Waals surface area (Å²) in [6.07, 6.45) is 4.27. The topological polar surface area (TPSA) is 86.9 Å². The first-order valence-corrected chi connectivity index (χ1v) is 9.88. The predicted molar refractivity (Wildman–Crippen MR) is 110 cm³/mol. The number of allylic oxidation sites excluding steroid dienone is 2. The molecule has 0 radical (unpaired) electrons. The second-order valence-electron chi connectivity index (χ2n) is 8.75. The lowest BCUT2D eigenvalue weighted by Crippen LogP contribution is -2.48. The molecule has 1 aromatic carbocycles. The average Bonchev–Trinajstić information content (AvgIpc) is 2.67. The minimum Gasteiger partial charge on any atom is -0.465 e. The van der Waals surface area contributed by atoms with E-state index < -0.39 is 6.09 Å². The molecule has 1 aromatic rings. The monoisotopic (exact) mass is 387 g/mol. The summed E-state index contributed by atoms with van der Waals surface area (Å²) in [6.45, 7) is 8.41. The summed E-state index contributed by atoms with van der Waals surface area (Å²) < 4.78 is 0. The Morgan fingerprint density at radius 2 is 1.89 bits per heavy atom. The standard InChI is InChI=1S/C21H29N3O4/c1-21(2,3)16-9-7-15(8-10-16)17-5-4-6-18(24(27)28)19(17)22-11-13-23(14-12-22)20(25)26/h4-7,16H,8-14H2,1-3H3,(H,25,26). The number of benzene rings is 1. The van der Waals surface area contributed by atoms with Crippen molar-refractivity contribution in [2.75, 3.05) is 31.1 Å². The fourth-order valence-corrected chi connectivity index (χ4v) is 4.26. The van der Waals surface area contributed by atoms with Crippen LogP contribution in [-0.2, 0) is 0 Å². The van der Waals surface area contributed by atoms with E-state index in [0.29, 0.717) is 37.8 Å². The van der Waals surface area contributed by atoms with E-state index in [-0.39, 0.29) is 16.0 Å². The number of nitro groups is 1. The van der Waals surface area contributed by atoms with E-state index >= 15 is 0 Å². The molecule has 2 aliphatic rings. The van der Waals surface area contributed by atoms with Crippen molar-refractivity contribution in [3.8, 4) is 0 Å². The highest BCUT2D eigenvalue weighted by atomic mass is 16.6. The molecule has 152 valence electrons. The van der Waals surface area contributed by atoms with Gasteiger partial charge in [0, 0.05) is 37.8 Å². The number of piperazine rings is 1. The van der Waals surface area contributed by atoms with Crippen LogP contribution in [0.3, 0.4) is 0 Å². The van der Waals surface area contributed by atoms with Crippen LogP contribution in [0.15, 0.2) is 24.3 Å². The van der Waals surface area contributed by atoms with Gasteiger partial charge < -0.3 is 14.9 Å². The van der Waals surface area contributed by atoms with Crippen molar-refractivity contribution < 1.29 is 14.8 Å². The molecule has 28 heavy (non-hydrogen) atoms. The van der Waals surface area contributed by atoms with Gasteiger partial charge in [0.15, 0.2) is 0 Å². The highest BCUT2D eigenvalue weighted by Gasteiger charge is 2.31. The van der Waals surface area contributed by atoms with E-state index in [4.69, 9.17) is 0 Å². The maximum absolute atomic E-state index is 11.7. The summed E-state index contributed by atoms with van der Waals surface area (Å²) in [5, 5.41) is 20.9. The molecule has 7 heteroatoms. The number of nitro benzene ring substituents is 1. The van der Waals surface area contributed by atoms with Crippen LogP contribution in [0.1, 0.15) is 45.6 Å². The Bertz CT molecular complexity index is 789. The largest absolute Gasteiger partial charge is 0.465 e. The van der Waals surface area contributed by atoms with Gasteiger partial charge in [-0.05, 0) is 36.2 Å². The third kappa shape index (κ3) is 4.13. The minimum atomic E-state index is -0.939. The number of rotatable bonds is 3. The Balaban J connectivity index is 1.93. The molecule has 1 aliphatic heterocycles. The van der Waals surface area contributed by atoms with Gasteiger partial charge in [-0.15, -0.1) is 0 Å². The lowest BCUT2D eigenvalue weighted by atomic mass is 9.72. The molecule has 0 spiro atoms. The van der Waals surface area contributed by atoms with E-state index in [1.165, 1.54) is 10.5 Å². The zero-order valence-electron chi connectivity index (χ0n) is 16.9. The van der Waals surface area contributed by atoms with Crippen LogP contribution in [0.2, 0.25) is 0 Å². The van der Waals surface area contributed by atoms with E-state index in [9.17, 15) is 20.0 Å². The van der Waals surface area contributed by atoms with Gasteiger partial charge in [-0.2, -0.15) is 0 Å². The number of hydrogen-bond acceptors (Lipinski definition) is 4. The Morgan fingerprint density at radius 1 is 1.21 bits per heavy atom. The zero-order valence-corrected chi connectivity index (χ0v) is 16.9.